The van der Waals surface area contributed by atoms with Crippen molar-refractivity contribution in [1.29, 1.82) is 0 Å². The van der Waals surface area contributed by atoms with Crippen molar-refractivity contribution in [3.63, 3.8) is 0 Å². The van der Waals surface area contributed by atoms with Gasteiger partial charge in [0.2, 0.25) is 0 Å². The van der Waals surface area contributed by atoms with E-state index in [1.165, 1.54) is 11.3 Å². The van der Waals surface area contributed by atoms with Crippen LogP contribution in [0.3, 0.4) is 0 Å². The monoisotopic (exact) mass is 295 g/mol. The molecule has 0 aliphatic heterocycles. The van der Waals surface area contributed by atoms with Crippen LogP contribution in [0.25, 0.3) is 10.6 Å². The Labute approximate surface area is 121 Å². The average Bonchev–Trinajstić information content (AvgIpc) is 2.87. The van der Waals surface area contributed by atoms with E-state index in [2.05, 4.69) is 4.98 Å². The van der Waals surface area contributed by atoms with Gasteiger partial charge in [-0.1, -0.05) is 12.1 Å². The van der Waals surface area contributed by atoms with Gasteiger partial charge in [-0.2, -0.15) is 0 Å². The van der Waals surface area contributed by atoms with Crippen molar-refractivity contribution in [3.05, 3.63) is 35.3 Å². The molecular weight excluding hydrogens is 282 g/mol. The number of thiazole rings is 1. The van der Waals surface area contributed by atoms with Crippen molar-refractivity contribution in [1.82, 2.24) is 4.98 Å². The summed E-state index contributed by atoms with van der Waals surface area (Å²) in [5.74, 6) is 0.603. The zero-order chi connectivity index (χ0) is 13.8. The molecule has 2 aromatic rings. The molecule has 0 saturated heterocycles. The van der Waals surface area contributed by atoms with Gasteiger partial charge in [0.25, 0.3) is 0 Å². The maximum absolute atomic E-state index is 11.5. The molecule has 0 spiro atoms. The van der Waals surface area contributed by atoms with Crippen LogP contribution in [0.15, 0.2) is 29.6 Å². The molecule has 0 aliphatic rings. The first-order chi connectivity index (χ1) is 9.10. The van der Waals surface area contributed by atoms with Gasteiger partial charge in [0.05, 0.1) is 12.0 Å². The second kappa shape index (κ2) is 6.17. The lowest BCUT2D eigenvalue weighted by atomic mass is 10.2. The highest BCUT2D eigenvalue weighted by Crippen LogP contribution is 2.27. The van der Waals surface area contributed by atoms with Crippen LogP contribution in [-0.4, -0.2) is 22.8 Å². The maximum Gasteiger partial charge on any atom is 0.196 e. The molecule has 0 radical (unpaired) electrons. The lowest BCUT2D eigenvalue weighted by Crippen LogP contribution is -2.05. The number of Topliss-reactive ketones (excluding diaryl/α,β-unsaturated/α-hetero) is 1. The van der Waals surface area contributed by atoms with Gasteiger partial charge in [0.1, 0.15) is 16.5 Å². The number of halogens is 1. The predicted octanol–water partition coefficient (Wildman–Crippen LogP) is 4.02. The van der Waals surface area contributed by atoms with Crippen LogP contribution in [0.4, 0.5) is 0 Å². The Hall–Kier alpha value is -1.39. The minimum absolute atomic E-state index is 0.0420. The molecular formula is C14H14ClNO2S. The van der Waals surface area contributed by atoms with Gasteiger partial charge >= 0.3 is 0 Å². The Balaban J connectivity index is 2.26. The van der Waals surface area contributed by atoms with Gasteiger partial charge in [-0.25, -0.2) is 4.98 Å². The van der Waals surface area contributed by atoms with Crippen molar-refractivity contribution in [2.45, 2.75) is 20.0 Å². The zero-order valence-corrected chi connectivity index (χ0v) is 12.3. The summed E-state index contributed by atoms with van der Waals surface area (Å²) in [5.41, 5.74) is 1.36. The molecule has 19 heavy (non-hydrogen) atoms. The third kappa shape index (κ3) is 3.55. The molecule has 1 aromatic heterocycles. The molecule has 0 fully saturated rings. The van der Waals surface area contributed by atoms with Crippen LogP contribution in [0.5, 0.6) is 5.75 Å². The van der Waals surface area contributed by atoms with E-state index >= 15 is 0 Å². The van der Waals surface area contributed by atoms with E-state index < -0.39 is 0 Å². The molecule has 2 rings (SSSR count). The van der Waals surface area contributed by atoms with Crippen LogP contribution in [-0.2, 0) is 0 Å². The standard InChI is InChI=1S/C14H14ClNO2S/c1-9(2)18-11-5-3-4-10(6-11)14-16-12(8-19-14)13(17)7-15/h3-6,8-9H,7H2,1-2H3. The zero-order valence-electron chi connectivity index (χ0n) is 10.7. The Bertz CT molecular complexity index is 580. The largest absolute Gasteiger partial charge is 0.491 e. The quantitative estimate of drug-likeness (QED) is 0.618. The molecule has 5 heteroatoms. The first-order valence-corrected chi connectivity index (χ1v) is 7.33. The third-order valence-electron chi connectivity index (χ3n) is 2.36. The molecule has 3 nitrogen and oxygen atoms in total. The molecule has 1 heterocycles. The van der Waals surface area contributed by atoms with E-state index in [0.717, 1.165) is 16.3 Å². The maximum atomic E-state index is 11.5. The molecule has 0 N–H and O–H groups in total. The average molecular weight is 296 g/mol. The first-order valence-electron chi connectivity index (χ1n) is 5.92. The van der Waals surface area contributed by atoms with Crippen molar-refractivity contribution in [3.8, 4) is 16.3 Å². The fraction of sp³-hybridized carbons (Fsp3) is 0.286. The molecule has 0 atom stereocenters. The number of carbonyl (C=O) groups is 1. The fourth-order valence-electron chi connectivity index (χ4n) is 1.58. The van der Waals surface area contributed by atoms with Gasteiger partial charge in [-0.05, 0) is 26.0 Å². The predicted molar refractivity (Wildman–Crippen MR) is 78.4 cm³/mol. The van der Waals surface area contributed by atoms with Crippen molar-refractivity contribution in [2.75, 3.05) is 5.88 Å². The number of ether oxygens (including phenoxy) is 1. The summed E-state index contributed by atoms with van der Waals surface area (Å²) >= 11 is 6.95. The highest BCUT2D eigenvalue weighted by atomic mass is 35.5. The van der Waals surface area contributed by atoms with Crippen LogP contribution in [0.2, 0.25) is 0 Å². The van der Waals surface area contributed by atoms with Gasteiger partial charge in [-0.15, -0.1) is 22.9 Å². The second-order valence-corrected chi connectivity index (χ2v) is 5.41. The van der Waals surface area contributed by atoms with Crippen LogP contribution < -0.4 is 4.74 Å². The number of hydrogen-bond acceptors (Lipinski definition) is 4. The number of carbonyl (C=O) groups excluding carboxylic acids is 1. The van der Waals surface area contributed by atoms with Gasteiger partial charge in [-0.3, -0.25) is 4.79 Å². The smallest absolute Gasteiger partial charge is 0.196 e. The van der Waals surface area contributed by atoms with Crippen molar-refractivity contribution < 1.29 is 9.53 Å². The normalized spacial score (nSPS) is 10.7. The summed E-state index contributed by atoms with van der Waals surface area (Å²) in [6.07, 6.45) is 0.125. The van der Waals surface area contributed by atoms with E-state index in [0.29, 0.717) is 5.69 Å². The Kier molecular flexibility index (Phi) is 4.56. The highest BCUT2D eigenvalue weighted by Gasteiger charge is 2.11. The number of rotatable bonds is 5. The summed E-state index contributed by atoms with van der Waals surface area (Å²) < 4.78 is 5.64. The summed E-state index contributed by atoms with van der Waals surface area (Å²) in [6.45, 7) is 3.96. The molecule has 0 saturated carbocycles. The molecule has 0 unspecified atom stereocenters. The summed E-state index contributed by atoms with van der Waals surface area (Å²) in [5, 5.41) is 2.53. The molecule has 0 bridgehead atoms. The fourth-order valence-corrected chi connectivity index (χ4v) is 2.54. The lowest BCUT2D eigenvalue weighted by molar-refractivity contribution is 0.101. The highest BCUT2D eigenvalue weighted by molar-refractivity contribution is 7.13. The van der Waals surface area contributed by atoms with E-state index in [-0.39, 0.29) is 17.8 Å². The SMILES string of the molecule is CC(C)Oc1cccc(-c2nc(C(=O)CCl)cs2)c1. The Morgan fingerprint density at radius 3 is 2.95 bits per heavy atom. The van der Waals surface area contributed by atoms with Gasteiger partial charge in [0, 0.05) is 10.9 Å². The number of ketones is 1. The topological polar surface area (TPSA) is 39.2 Å². The number of benzene rings is 1. The summed E-state index contributed by atoms with van der Waals surface area (Å²) in [4.78, 5) is 15.8. The van der Waals surface area contributed by atoms with E-state index in [4.69, 9.17) is 16.3 Å². The molecule has 1 aromatic carbocycles. The van der Waals surface area contributed by atoms with E-state index in [1.54, 1.807) is 5.38 Å². The van der Waals surface area contributed by atoms with Crippen LogP contribution in [0.1, 0.15) is 24.3 Å². The van der Waals surface area contributed by atoms with Crippen molar-refractivity contribution >= 4 is 28.7 Å². The van der Waals surface area contributed by atoms with Gasteiger partial charge < -0.3 is 4.74 Å². The minimum Gasteiger partial charge on any atom is -0.491 e. The number of aromatic nitrogens is 1. The number of hydrogen-bond donors (Lipinski definition) is 0. The van der Waals surface area contributed by atoms with E-state index in [1.807, 2.05) is 38.1 Å². The van der Waals surface area contributed by atoms with Crippen LogP contribution in [0, 0.1) is 0 Å². The minimum atomic E-state index is -0.154. The lowest BCUT2D eigenvalue weighted by Gasteiger charge is -2.09. The van der Waals surface area contributed by atoms with Crippen molar-refractivity contribution in [2.24, 2.45) is 0 Å². The second-order valence-electron chi connectivity index (χ2n) is 4.29. The molecule has 100 valence electrons. The first kappa shape index (κ1) is 14.0. The van der Waals surface area contributed by atoms with Crippen LogP contribution >= 0.6 is 22.9 Å². The van der Waals surface area contributed by atoms with E-state index in [9.17, 15) is 4.79 Å². The number of alkyl halides is 1. The Morgan fingerprint density at radius 1 is 1.47 bits per heavy atom. The molecule has 0 aliphatic carbocycles. The molecule has 0 amide bonds. The third-order valence-corrected chi connectivity index (χ3v) is 3.50. The van der Waals surface area contributed by atoms with Gasteiger partial charge in [0.15, 0.2) is 5.78 Å². The number of nitrogens with zero attached hydrogens (tertiary/aromatic N) is 1. The summed E-state index contributed by atoms with van der Waals surface area (Å²) in [6, 6.07) is 7.69. The summed E-state index contributed by atoms with van der Waals surface area (Å²) in [7, 11) is 0. The Morgan fingerprint density at radius 2 is 2.26 bits per heavy atom.